The van der Waals surface area contributed by atoms with Crippen molar-refractivity contribution >= 4 is 10.8 Å². The highest BCUT2D eigenvalue weighted by molar-refractivity contribution is 5.96. The zero-order chi connectivity index (χ0) is 18.8. The Balaban J connectivity index is 1.51. The summed E-state index contributed by atoms with van der Waals surface area (Å²) in [6.45, 7) is 4.36. The van der Waals surface area contributed by atoms with Crippen LogP contribution in [0.5, 0.6) is 0 Å². The van der Waals surface area contributed by atoms with E-state index in [9.17, 15) is 0 Å². The number of fused-ring (bicyclic) bond motifs is 1. The van der Waals surface area contributed by atoms with Gasteiger partial charge in [0.2, 0.25) is 0 Å². The van der Waals surface area contributed by atoms with Gasteiger partial charge in [0, 0.05) is 17.1 Å². The van der Waals surface area contributed by atoms with Crippen LogP contribution in [-0.2, 0) is 0 Å². The third kappa shape index (κ3) is 2.55. The third-order valence-electron chi connectivity index (χ3n) is 7.92. The standard InChI is InChI=1S/C27H29N/c1-16-8-17(2)10-22(9-16)27-25-5-3-4-24(23(25)6-7-28-27)26-20-12-18-11-19(14-20)15-21(26)13-18/h3-10,18-21,26H,11-15H2,1-2H3. The molecule has 4 bridgehead atoms. The maximum Gasteiger partial charge on any atom is 0.0780 e. The molecule has 4 aliphatic rings. The zero-order valence-electron chi connectivity index (χ0n) is 17.0. The fourth-order valence-electron chi connectivity index (χ4n) is 7.30. The molecular weight excluding hydrogens is 338 g/mol. The van der Waals surface area contributed by atoms with Crippen LogP contribution < -0.4 is 0 Å². The molecule has 0 aliphatic heterocycles. The van der Waals surface area contributed by atoms with Gasteiger partial charge in [-0.15, -0.1) is 0 Å². The molecule has 0 N–H and O–H groups in total. The van der Waals surface area contributed by atoms with Crippen molar-refractivity contribution < 1.29 is 0 Å². The van der Waals surface area contributed by atoms with Gasteiger partial charge in [-0.05, 0) is 105 Å². The summed E-state index contributed by atoms with van der Waals surface area (Å²) < 4.78 is 0. The van der Waals surface area contributed by atoms with Crippen molar-refractivity contribution in [2.45, 2.75) is 51.9 Å². The molecule has 1 aromatic heterocycles. The molecule has 3 aromatic rings. The molecule has 4 saturated carbocycles. The van der Waals surface area contributed by atoms with Crippen LogP contribution in [0.25, 0.3) is 22.0 Å². The van der Waals surface area contributed by atoms with Crippen molar-refractivity contribution in [3.8, 4) is 11.3 Å². The molecule has 4 aliphatic carbocycles. The Kier molecular flexibility index (Phi) is 3.70. The summed E-state index contributed by atoms with van der Waals surface area (Å²) in [5.74, 6) is 4.66. The second kappa shape index (κ2) is 6.17. The van der Waals surface area contributed by atoms with Gasteiger partial charge in [0.1, 0.15) is 0 Å². The Labute approximate surface area is 168 Å². The van der Waals surface area contributed by atoms with E-state index in [1.54, 1.807) is 5.56 Å². The highest BCUT2D eigenvalue weighted by atomic mass is 14.7. The predicted octanol–water partition coefficient (Wildman–Crippen LogP) is 7.06. The summed E-state index contributed by atoms with van der Waals surface area (Å²) in [6, 6.07) is 16.1. The van der Waals surface area contributed by atoms with Crippen molar-refractivity contribution in [1.29, 1.82) is 0 Å². The van der Waals surface area contributed by atoms with Crippen LogP contribution in [0.3, 0.4) is 0 Å². The monoisotopic (exact) mass is 367 g/mol. The van der Waals surface area contributed by atoms with E-state index in [4.69, 9.17) is 4.98 Å². The Bertz CT molecular complexity index is 1010. The molecule has 1 heteroatoms. The molecule has 0 saturated heterocycles. The second-order valence-corrected chi connectivity index (χ2v) is 9.93. The Hall–Kier alpha value is -2.15. The van der Waals surface area contributed by atoms with E-state index in [-0.39, 0.29) is 0 Å². The first-order valence-corrected chi connectivity index (χ1v) is 11.1. The quantitative estimate of drug-likeness (QED) is 0.472. The minimum Gasteiger partial charge on any atom is -0.256 e. The van der Waals surface area contributed by atoms with Gasteiger partial charge in [-0.25, -0.2) is 0 Å². The number of rotatable bonds is 2. The summed E-state index contributed by atoms with van der Waals surface area (Å²) >= 11 is 0. The summed E-state index contributed by atoms with van der Waals surface area (Å²) in [6.07, 6.45) is 9.46. The van der Waals surface area contributed by atoms with Crippen LogP contribution >= 0.6 is 0 Å². The molecule has 28 heavy (non-hydrogen) atoms. The number of benzene rings is 2. The molecule has 2 aromatic carbocycles. The first kappa shape index (κ1) is 16.8. The van der Waals surface area contributed by atoms with Crippen LogP contribution in [0.2, 0.25) is 0 Å². The van der Waals surface area contributed by atoms with Gasteiger partial charge >= 0.3 is 0 Å². The van der Waals surface area contributed by atoms with Gasteiger partial charge in [0.15, 0.2) is 0 Å². The Morgan fingerprint density at radius 2 is 1.43 bits per heavy atom. The van der Waals surface area contributed by atoms with Crippen LogP contribution in [0.4, 0.5) is 0 Å². The van der Waals surface area contributed by atoms with Gasteiger partial charge in [-0.2, -0.15) is 0 Å². The van der Waals surface area contributed by atoms with Crippen LogP contribution in [0, 0.1) is 37.5 Å². The van der Waals surface area contributed by atoms with Gasteiger partial charge in [-0.1, -0.05) is 35.4 Å². The molecule has 1 nitrogen and oxygen atoms in total. The minimum absolute atomic E-state index is 0.769. The molecule has 4 fully saturated rings. The SMILES string of the molecule is Cc1cc(C)cc(-c2nccc3c(C4C5CC6CC(C5)CC4C6)cccc23)c1. The molecular formula is C27H29N. The van der Waals surface area contributed by atoms with E-state index < -0.39 is 0 Å². The lowest BCUT2D eigenvalue weighted by atomic mass is 9.50. The molecule has 0 radical (unpaired) electrons. The van der Waals surface area contributed by atoms with E-state index in [2.05, 4.69) is 56.3 Å². The molecule has 1 heterocycles. The maximum atomic E-state index is 4.84. The fourth-order valence-corrected chi connectivity index (χ4v) is 7.30. The van der Waals surface area contributed by atoms with Gasteiger partial charge < -0.3 is 0 Å². The molecule has 0 spiro atoms. The average Bonchev–Trinajstić information content (AvgIpc) is 2.66. The molecule has 0 atom stereocenters. The first-order valence-electron chi connectivity index (χ1n) is 11.1. The lowest BCUT2D eigenvalue weighted by Gasteiger charge is -2.54. The number of aromatic nitrogens is 1. The molecule has 0 amide bonds. The molecule has 142 valence electrons. The van der Waals surface area contributed by atoms with Crippen molar-refractivity contribution in [3.05, 3.63) is 65.4 Å². The lowest BCUT2D eigenvalue weighted by Crippen LogP contribution is -2.43. The van der Waals surface area contributed by atoms with Crippen LogP contribution in [0.1, 0.15) is 54.7 Å². The molecule has 7 rings (SSSR count). The Morgan fingerprint density at radius 3 is 2.11 bits per heavy atom. The highest BCUT2D eigenvalue weighted by Crippen LogP contribution is 2.60. The van der Waals surface area contributed by atoms with E-state index in [1.807, 2.05) is 6.20 Å². The van der Waals surface area contributed by atoms with E-state index in [0.717, 1.165) is 35.3 Å². The minimum atomic E-state index is 0.769. The van der Waals surface area contributed by atoms with E-state index in [1.165, 1.54) is 59.6 Å². The highest BCUT2D eigenvalue weighted by Gasteiger charge is 2.48. The average molecular weight is 368 g/mol. The largest absolute Gasteiger partial charge is 0.256 e. The number of aryl methyl sites for hydroxylation is 2. The zero-order valence-corrected chi connectivity index (χ0v) is 17.0. The summed E-state index contributed by atoms with van der Waals surface area (Å²) in [7, 11) is 0. The van der Waals surface area contributed by atoms with Gasteiger partial charge in [0.05, 0.1) is 5.69 Å². The number of pyridine rings is 1. The second-order valence-electron chi connectivity index (χ2n) is 9.93. The van der Waals surface area contributed by atoms with Crippen molar-refractivity contribution in [2.75, 3.05) is 0 Å². The maximum absolute atomic E-state index is 4.84. The predicted molar refractivity (Wildman–Crippen MR) is 116 cm³/mol. The van der Waals surface area contributed by atoms with Crippen molar-refractivity contribution in [3.63, 3.8) is 0 Å². The first-order chi connectivity index (χ1) is 13.7. The summed E-state index contributed by atoms with van der Waals surface area (Å²) in [5.41, 5.74) is 6.64. The fraction of sp³-hybridized carbons (Fsp3) is 0.444. The van der Waals surface area contributed by atoms with Crippen molar-refractivity contribution in [1.82, 2.24) is 4.98 Å². The van der Waals surface area contributed by atoms with Gasteiger partial charge in [0.25, 0.3) is 0 Å². The topological polar surface area (TPSA) is 12.9 Å². The summed E-state index contributed by atoms with van der Waals surface area (Å²) in [5, 5.41) is 2.78. The number of nitrogens with zero attached hydrogens (tertiary/aromatic N) is 1. The van der Waals surface area contributed by atoms with Crippen LogP contribution in [-0.4, -0.2) is 4.98 Å². The van der Waals surface area contributed by atoms with Gasteiger partial charge in [-0.3, -0.25) is 4.98 Å². The Morgan fingerprint density at radius 1 is 0.750 bits per heavy atom. The number of hydrogen-bond donors (Lipinski definition) is 0. The smallest absolute Gasteiger partial charge is 0.0780 e. The normalized spacial score (nSPS) is 30.9. The van der Waals surface area contributed by atoms with Crippen molar-refractivity contribution in [2.24, 2.45) is 23.7 Å². The lowest BCUT2D eigenvalue weighted by molar-refractivity contribution is -0.00231. The molecule has 0 unspecified atom stereocenters. The van der Waals surface area contributed by atoms with E-state index >= 15 is 0 Å². The summed E-state index contributed by atoms with van der Waals surface area (Å²) in [4.78, 5) is 4.84. The number of hydrogen-bond acceptors (Lipinski definition) is 1. The third-order valence-corrected chi connectivity index (χ3v) is 7.92. The van der Waals surface area contributed by atoms with E-state index in [0.29, 0.717) is 0 Å². The van der Waals surface area contributed by atoms with Crippen LogP contribution in [0.15, 0.2) is 48.7 Å².